The first-order valence-electron chi connectivity index (χ1n) is 10.3. The van der Waals surface area contributed by atoms with Crippen molar-refractivity contribution in [1.29, 1.82) is 0 Å². The molecule has 3 aromatic carbocycles. The second-order valence-corrected chi connectivity index (χ2v) is 9.75. The zero-order valence-corrected chi connectivity index (χ0v) is 18.6. The maximum absolute atomic E-state index is 12.2. The highest BCUT2D eigenvalue weighted by Crippen LogP contribution is 2.39. The summed E-state index contributed by atoms with van der Waals surface area (Å²) in [5.74, 6) is 2.85. The van der Waals surface area contributed by atoms with Crippen LogP contribution < -0.4 is 4.74 Å². The van der Waals surface area contributed by atoms with E-state index in [-0.39, 0.29) is 17.5 Å². The van der Waals surface area contributed by atoms with Crippen molar-refractivity contribution in [3.8, 4) is 18.1 Å². The highest BCUT2D eigenvalue weighted by molar-refractivity contribution is 7.97. The Kier molecular flexibility index (Phi) is 6.06. The zero-order valence-electron chi connectivity index (χ0n) is 17.8. The van der Waals surface area contributed by atoms with Crippen LogP contribution in [0.5, 0.6) is 5.75 Å². The smallest absolute Gasteiger partial charge is 0.345 e. The lowest BCUT2D eigenvalue weighted by atomic mass is 10.1. The van der Waals surface area contributed by atoms with Crippen molar-refractivity contribution < 1.29 is 14.3 Å². The number of rotatable bonds is 7. The van der Waals surface area contributed by atoms with E-state index in [4.69, 9.17) is 15.9 Å². The predicted octanol–water partition coefficient (Wildman–Crippen LogP) is 5.49. The Morgan fingerprint density at radius 2 is 1.45 bits per heavy atom. The minimum absolute atomic E-state index is 0.145. The predicted molar refractivity (Wildman–Crippen MR) is 123 cm³/mol. The molecule has 0 spiro atoms. The van der Waals surface area contributed by atoms with Crippen LogP contribution in [0.4, 0.5) is 0 Å². The summed E-state index contributed by atoms with van der Waals surface area (Å²) < 4.78 is 11.2. The van der Waals surface area contributed by atoms with Crippen LogP contribution in [0.25, 0.3) is 0 Å². The first kappa shape index (κ1) is 21.1. The molecular weight excluding hydrogens is 404 g/mol. The number of hydrogen-bond donors (Lipinski definition) is 0. The van der Waals surface area contributed by atoms with Gasteiger partial charge in [-0.15, -0.1) is 6.42 Å². The minimum Gasteiger partial charge on any atom is -0.481 e. The van der Waals surface area contributed by atoms with Crippen molar-refractivity contribution >= 4 is 16.9 Å². The Balaban J connectivity index is 1.59. The van der Waals surface area contributed by atoms with E-state index in [2.05, 4.69) is 66.6 Å². The van der Waals surface area contributed by atoms with Crippen LogP contribution in [-0.2, 0) is 20.4 Å². The molecule has 1 fully saturated rings. The van der Waals surface area contributed by atoms with Crippen LogP contribution in [0.15, 0.2) is 87.5 Å². The molecule has 4 heteroatoms. The molecule has 31 heavy (non-hydrogen) atoms. The van der Waals surface area contributed by atoms with E-state index >= 15 is 0 Å². The lowest BCUT2D eigenvalue weighted by Gasteiger charge is -2.15. The molecule has 0 unspecified atom stereocenters. The number of carbonyl (C=O) groups excluding carboxylic acids is 1. The summed E-state index contributed by atoms with van der Waals surface area (Å²) in [4.78, 5) is 15.9. The molecule has 1 aliphatic carbocycles. The van der Waals surface area contributed by atoms with Crippen molar-refractivity contribution in [3.63, 3.8) is 0 Å². The number of aryl methyl sites for hydroxylation is 2. The standard InChI is InChI=1S/C27H25O3S/c1-4-27(15-16-27)30-25(28)19-29-26-20(2)17-24(18-21(26)3)31(22-11-7-5-8-12-22)23-13-9-6-10-14-23/h1,5-14,17-18H,15-16,19H2,2-3H3/q+1. The molecule has 0 heterocycles. The average molecular weight is 430 g/mol. The second kappa shape index (κ2) is 8.91. The van der Waals surface area contributed by atoms with Gasteiger partial charge in [0.15, 0.2) is 26.9 Å². The molecule has 0 amide bonds. The van der Waals surface area contributed by atoms with E-state index in [0.717, 1.165) is 29.7 Å². The molecule has 0 saturated heterocycles. The monoisotopic (exact) mass is 429 g/mol. The number of hydrogen-bond acceptors (Lipinski definition) is 3. The van der Waals surface area contributed by atoms with Gasteiger partial charge in [-0.2, -0.15) is 0 Å². The van der Waals surface area contributed by atoms with Gasteiger partial charge in [0, 0.05) is 25.0 Å². The molecule has 0 aromatic heterocycles. The van der Waals surface area contributed by atoms with Gasteiger partial charge in [-0.1, -0.05) is 42.3 Å². The maximum Gasteiger partial charge on any atom is 0.345 e. The molecule has 4 rings (SSSR count). The maximum atomic E-state index is 12.2. The van der Waals surface area contributed by atoms with E-state index < -0.39 is 11.6 Å². The van der Waals surface area contributed by atoms with Gasteiger partial charge in [0.25, 0.3) is 0 Å². The number of ether oxygens (including phenoxy) is 2. The molecule has 0 N–H and O–H groups in total. The largest absolute Gasteiger partial charge is 0.481 e. The quantitative estimate of drug-likeness (QED) is 0.283. The summed E-state index contributed by atoms with van der Waals surface area (Å²) in [7, 11) is -0.232. The molecule has 1 saturated carbocycles. The summed E-state index contributed by atoms with van der Waals surface area (Å²) >= 11 is 0. The summed E-state index contributed by atoms with van der Waals surface area (Å²) in [6.07, 6.45) is 6.90. The first-order chi connectivity index (χ1) is 15.0. The lowest BCUT2D eigenvalue weighted by Crippen LogP contribution is -2.23. The Morgan fingerprint density at radius 1 is 0.935 bits per heavy atom. The van der Waals surface area contributed by atoms with E-state index in [0.29, 0.717) is 0 Å². The van der Waals surface area contributed by atoms with Gasteiger partial charge in [-0.25, -0.2) is 4.79 Å². The minimum atomic E-state index is -0.700. The van der Waals surface area contributed by atoms with Gasteiger partial charge in [-0.3, -0.25) is 0 Å². The van der Waals surface area contributed by atoms with Crippen molar-refractivity contribution in [1.82, 2.24) is 0 Å². The summed E-state index contributed by atoms with van der Waals surface area (Å²) in [6.45, 7) is 3.88. The van der Waals surface area contributed by atoms with Gasteiger partial charge >= 0.3 is 5.97 Å². The Labute approximate surface area is 186 Å². The number of carbonyl (C=O) groups is 1. The molecule has 1 aliphatic rings. The molecule has 0 aliphatic heterocycles. The van der Waals surface area contributed by atoms with E-state index in [1.165, 1.54) is 14.7 Å². The van der Waals surface area contributed by atoms with Gasteiger partial charge in [-0.05, 0) is 49.2 Å². The van der Waals surface area contributed by atoms with E-state index in [1.54, 1.807) is 0 Å². The van der Waals surface area contributed by atoms with Crippen LogP contribution in [0.3, 0.4) is 0 Å². The van der Waals surface area contributed by atoms with Gasteiger partial charge in [0.1, 0.15) is 5.75 Å². The van der Waals surface area contributed by atoms with E-state index in [1.807, 2.05) is 26.0 Å². The number of esters is 1. The van der Waals surface area contributed by atoms with Crippen LogP contribution in [0.1, 0.15) is 24.0 Å². The fourth-order valence-electron chi connectivity index (χ4n) is 3.55. The zero-order chi connectivity index (χ0) is 21.8. The Morgan fingerprint density at radius 3 is 1.90 bits per heavy atom. The molecule has 0 radical (unpaired) electrons. The summed E-state index contributed by atoms with van der Waals surface area (Å²) in [5.41, 5.74) is 1.28. The topological polar surface area (TPSA) is 35.5 Å². The Bertz CT molecular complexity index is 1050. The van der Waals surface area contributed by atoms with Crippen molar-refractivity contribution in [2.24, 2.45) is 0 Å². The average Bonchev–Trinajstić information content (AvgIpc) is 3.55. The van der Waals surface area contributed by atoms with Crippen molar-refractivity contribution in [2.45, 2.75) is 47.0 Å². The third-order valence-electron chi connectivity index (χ3n) is 5.24. The molecule has 0 bridgehead atoms. The van der Waals surface area contributed by atoms with Gasteiger partial charge in [0.05, 0.1) is 10.9 Å². The summed E-state index contributed by atoms with van der Waals surface area (Å²) in [6, 6.07) is 25.3. The normalized spacial score (nSPS) is 14.0. The van der Waals surface area contributed by atoms with Gasteiger partial charge in [0.2, 0.25) is 0 Å². The molecule has 0 atom stereocenters. The van der Waals surface area contributed by atoms with E-state index in [9.17, 15) is 4.79 Å². The van der Waals surface area contributed by atoms with Crippen LogP contribution in [-0.4, -0.2) is 18.2 Å². The first-order valence-corrected chi connectivity index (χ1v) is 11.5. The highest BCUT2D eigenvalue weighted by atomic mass is 32.2. The third-order valence-corrected chi connectivity index (χ3v) is 7.43. The number of benzene rings is 3. The molecule has 156 valence electrons. The number of terminal acetylenes is 1. The molecule has 3 aromatic rings. The summed E-state index contributed by atoms with van der Waals surface area (Å²) in [5, 5.41) is 0. The lowest BCUT2D eigenvalue weighted by molar-refractivity contribution is -0.150. The SMILES string of the molecule is C#CC1(OC(=O)COc2c(C)cc([S+](c3ccccc3)c3ccccc3)cc2C)CC1. The molecular formula is C27H25O3S+. The molecule has 3 nitrogen and oxygen atoms in total. The fraction of sp³-hybridized carbons (Fsp3) is 0.222. The second-order valence-electron chi connectivity index (χ2n) is 7.72. The van der Waals surface area contributed by atoms with Crippen LogP contribution >= 0.6 is 0 Å². The Hall–Kier alpha value is -3.16. The van der Waals surface area contributed by atoms with Crippen molar-refractivity contribution in [2.75, 3.05) is 6.61 Å². The van der Waals surface area contributed by atoms with Crippen LogP contribution in [0.2, 0.25) is 0 Å². The van der Waals surface area contributed by atoms with Gasteiger partial charge < -0.3 is 9.47 Å². The highest BCUT2D eigenvalue weighted by Gasteiger charge is 2.45. The van der Waals surface area contributed by atoms with Crippen molar-refractivity contribution in [3.05, 3.63) is 83.9 Å². The third kappa shape index (κ3) is 4.78. The van der Waals surface area contributed by atoms with Crippen LogP contribution in [0, 0.1) is 26.2 Å². The fourth-order valence-corrected chi connectivity index (χ4v) is 5.81.